The highest BCUT2D eigenvalue weighted by Crippen LogP contribution is 2.47. The number of hydrogen-bond donors (Lipinski definition) is 2. The third-order valence-corrected chi connectivity index (χ3v) is 8.63. The van der Waals surface area contributed by atoms with Gasteiger partial charge in [0.15, 0.2) is 0 Å². The lowest BCUT2D eigenvalue weighted by Gasteiger charge is -2.43. The van der Waals surface area contributed by atoms with Crippen molar-refractivity contribution in [3.63, 3.8) is 0 Å². The fraction of sp³-hybridized carbons (Fsp3) is 0.355. The molecule has 3 amide bonds. The molecule has 2 aliphatic heterocycles. The van der Waals surface area contributed by atoms with Crippen molar-refractivity contribution in [3.8, 4) is 0 Å². The first-order valence-corrected chi connectivity index (χ1v) is 13.3. The summed E-state index contributed by atoms with van der Waals surface area (Å²) in [6.45, 7) is 5.53. The summed E-state index contributed by atoms with van der Waals surface area (Å²) in [5.41, 5.74) is 3.97. The number of benzene rings is 2. The van der Waals surface area contributed by atoms with Crippen LogP contribution in [-0.4, -0.2) is 34.2 Å². The zero-order valence-corrected chi connectivity index (χ0v) is 22.3. The van der Waals surface area contributed by atoms with Gasteiger partial charge in [0.1, 0.15) is 18.2 Å². The van der Waals surface area contributed by atoms with Crippen molar-refractivity contribution in [2.45, 2.75) is 57.9 Å². The van der Waals surface area contributed by atoms with Crippen LogP contribution in [0.1, 0.15) is 60.5 Å². The van der Waals surface area contributed by atoms with Gasteiger partial charge < -0.3 is 15.5 Å². The molecule has 200 valence electrons. The first-order chi connectivity index (χ1) is 18.6. The van der Waals surface area contributed by atoms with Crippen molar-refractivity contribution in [2.75, 3.05) is 17.2 Å². The summed E-state index contributed by atoms with van der Waals surface area (Å²) >= 11 is 0. The maximum atomic E-state index is 13.8. The van der Waals surface area contributed by atoms with Gasteiger partial charge in [-0.2, -0.15) is 0 Å². The van der Waals surface area contributed by atoms with Crippen LogP contribution in [0.15, 0.2) is 54.7 Å². The molecule has 8 heteroatoms. The van der Waals surface area contributed by atoms with Gasteiger partial charge >= 0.3 is 0 Å². The van der Waals surface area contributed by atoms with Crippen molar-refractivity contribution in [2.24, 2.45) is 5.41 Å². The normalized spacial score (nSPS) is 23.0. The van der Waals surface area contributed by atoms with Crippen molar-refractivity contribution in [1.82, 2.24) is 9.88 Å². The minimum Gasteiger partial charge on any atom is -0.326 e. The van der Waals surface area contributed by atoms with E-state index in [0.717, 1.165) is 27.8 Å². The van der Waals surface area contributed by atoms with Crippen LogP contribution in [0.3, 0.4) is 0 Å². The number of piperidine rings is 1. The molecule has 3 heterocycles. The number of carbonyl (C=O) groups is 3. The van der Waals surface area contributed by atoms with E-state index < -0.39 is 10.8 Å². The molecule has 1 fully saturated rings. The number of halogens is 1. The molecule has 1 aliphatic carbocycles. The van der Waals surface area contributed by atoms with E-state index in [4.69, 9.17) is 0 Å². The maximum Gasteiger partial charge on any atom is 0.244 e. The van der Waals surface area contributed by atoms with Gasteiger partial charge in [0.2, 0.25) is 17.7 Å². The van der Waals surface area contributed by atoms with E-state index in [9.17, 15) is 18.8 Å². The predicted octanol–water partition coefficient (Wildman–Crippen LogP) is 4.85. The number of aryl methyl sites for hydroxylation is 1. The fourth-order valence-electron chi connectivity index (χ4n) is 6.51. The van der Waals surface area contributed by atoms with Gasteiger partial charge in [-0.3, -0.25) is 14.4 Å². The molecule has 0 bridgehead atoms. The molecular weight excluding hydrogens is 495 g/mol. The van der Waals surface area contributed by atoms with Gasteiger partial charge in [-0.05, 0) is 85.2 Å². The topological polar surface area (TPSA) is 91.4 Å². The third-order valence-electron chi connectivity index (χ3n) is 8.63. The Hall–Kier alpha value is -4.07. The number of nitrogens with one attached hydrogen (secondary N) is 2. The lowest BCUT2D eigenvalue weighted by molar-refractivity contribution is -0.150. The highest BCUT2D eigenvalue weighted by atomic mass is 19.1. The quantitative estimate of drug-likeness (QED) is 0.509. The zero-order chi connectivity index (χ0) is 27.5. The Morgan fingerprint density at radius 2 is 1.92 bits per heavy atom. The van der Waals surface area contributed by atoms with Crippen molar-refractivity contribution in [1.29, 1.82) is 0 Å². The van der Waals surface area contributed by atoms with E-state index in [1.165, 1.54) is 12.1 Å². The standard InChI is InChI=1S/C31H31FN4O3/c1-18-13-21(32)7-9-23(18)25-10-11-30(2,3)29(39)36(25)17-26(37)34-22-8-6-19-15-31(16-20(19)14-22)24-5-4-12-33-27(24)35-28(31)38/h4-9,12-14,25H,10-11,15-17H2,1-3H3,(H,34,37)(H,33,35,38). The molecule has 1 aromatic heterocycles. The van der Waals surface area contributed by atoms with E-state index >= 15 is 0 Å². The Balaban J connectivity index is 1.22. The largest absolute Gasteiger partial charge is 0.326 e. The first kappa shape index (κ1) is 25.2. The number of anilines is 2. The molecular formula is C31H31FN4O3. The third kappa shape index (κ3) is 4.18. The zero-order valence-electron chi connectivity index (χ0n) is 22.3. The molecule has 1 saturated heterocycles. The van der Waals surface area contributed by atoms with Gasteiger partial charge in [-0.25, -0.2) is 9.37 Å². The summed E-state index contributed by atoms with van der Waals surface area (Å²) in [7, 11) is 0. The van der Waals surface area contributed by atoms with Gasteiger partial charge in [0.05, 0.1) is 11.5 Å². The Bertz CT molecular complexity index is 1530. The van der Waals surface area contributed by atoms with E-state index in [1.807, 2.05) is 51.1 Å². The second kappa shape index (κ2) is 9.00. The minimum atomic E-state index is -0.680. The Morgan fingerprint density at radius 3 is 2.72 bits per heavy atom. The van der Waals surface area contributed by atoms with Crippen LogP contribution in [0.4, 0.5) is 15.9 Å². The number of pyridine rings is 1. The molecule has 6 rings (SSSR count). The summed E-state index contributed by atoms with van der Waals surface area (Å²) in [4.78, 5) is 45.7. The van der Waals surface area contributed by atoms with Crippen LogP contribution in [0.2, 0.25) is 0 Å². The molecule has 0 saturated carbocycles. The fourth-order valence-corrected chi connectivity index (χ4v) is 6.51. The second-order valence-corrected chi connectivity index (χ2v) is 11.7. The number of rotatable bonds is 4. The van der Waals surface area contributed by atoms with Crippen molar-refractivity contribution in [3.05, 3.63) is 88.4 Å². The van der Waals surface area contributed by atoms with E-state index in [2.05, 4.69) is 15.6 Å². The number of hydrogen-bond acceptors (Lipinski definition) is 4. The van der Waals surface area contributed by atoms with Crippen LogP contribution in [0.25, 0.3) is 0 Å². The minimum absolute atomic E-state index is 0.0497. The monoisotopic (exact) mass is 526 g/mol. The maximum absolute atomic E-state index is 13.8. The lowest BCUT2D eigenvalue weighted by Crippen LogP contribution is -2.50. The number of fused-ring (bicyclic) bond motifs is 3. The number of amides is 3. The van der Waals surface area contributed by atoms with E-state index in [-0.39, 0.29) is 36.1 Å². The Morgan fingerprint density at radius 1 is 1.13 bits per heavy atom. The molecule has 2 aromatic carbocycles. The van der Waals surface area contributed by atoms with Gasteiger partial charge in [0.25, 0.3) is 0 Å². The molecule has 3 aliphatic rings. The molecule has 3 aromatic rings. The second-order valence-electron chi connectivity index (χ2n) is 11.7. The Labute approximate surface area is 226 Å². The molecule has 2 N–H and O–H groups in total. The SMILES string of the molecule is Cc1cc(F)ccc1C1CCC(C)(C)C(=O)N1CC(=O)Nc1ccc2c(c1)CC1(C2)C(=O)Nc2ncccc21. The summed E-state index contributed by atoms with van der Waals surface area (Å²) in [6.07, 6.45) is 4.16. The van der Waals surface area contributed by atoms with Gasteiger partial charge in [0, 0.05) is 22.9 Å². The van der Waals surface area contributed by atoms with Crippen LogP contribution in [0, 0.1) is 18.2 Å². The lowest BCUT2D eigenvalue weighted by atomic mass is 9.78. The van der Waals surface area contributed by atoms with Gasteiger partial charge in [-0.15, -0.1) is 0 Å². The summed E-state index contributed by atoms with van der Waals surface area (Å²) in [5.74, 6) is -0.147. The summed E-state index contributed by atoms with van der Waals surface area (Å²) in [5, 5.41) is 5.88. The van der Waals surface area contributed by atoms with E-state index in [1.54, 1.807) is 17.2 Å². The van der Waals surface area contributed by atoms with Crippen LogP contribution >= 0.6 is 0 Å². The average Bonchev–Trinajstić information content (AvgIpc) is 3.40. The van der Waals surface area contributed by atoms with Crippen LogP contribution < -0.4 is 10.6 Å². The molecule has 2 unspecified atom stereocenters. The molecule has 0 radical (unpaired) electrons. The summed E-state index contributed by atoms with van der Waals surface area (Å²) < 4.78 is 13.8. The van der Waals surface area contributed by atoms with Crippen LogP contribution in [0.5, 0.6) is 0 Å². The van der Waals surface area contributed by atoms with Crippen molar-refractivity contribution >= 4 is 29.2 Å². The Kier molecular flexibility index (Phi) is 5.82. The average molecular weight is 527 g/mol. The number of aromatic nitrogens is 1. The number of likely N-dealkylation sites (tertiary alicyclic amines) is 1. The molecule has 39 heavy (non-hydrogen) atoms. The molecule has 2 atom stereocenters. The van der Waals surface area contributed by atoms with Gasteiger partial charge in [-0.1, -0.05) is 32.0 Å². The smallest absolute Gasteiger partial charge is 0.244 e. The summed E-state index contributed by atoms with van der Waals surface area (Å²) in [6, 6.07) is 13.8. The van der Waals surface area contributed by atoms with Crippen LogP contribution in [-0.2, 0) is 32.6 Å². The first-order valence-electron chi connectivity index (χ1n) is 13.3. The highest BCUT2D eigenvalue weighted by Gasteiger charge is 2.51. The van der Waals surface area contributed by atoms with E-state index in [0.29, 0.717) is 37.2 Å². The number of nitrogens with zero attached hydrogens (tertiary/aromatic N) is 2. The number of carbonyl (C=O) groups excluding carboxylic acids is 3. The molecule has 7 nitrogen and oxygen atoms in total. The predicted molar refractivity (Wildman–Crippen MR) is 146 cm³/mol. The molecule has 1 spiro atoms. The highest BCUT2D eigenvalue weighted by molar-refractivity contribution is 6.06. The van der Waals surface area contributed by atoms with Crippen molar-refractivity contribution < 1.29 is 18.8 Å².